The summed E-state index contributed by atoms with van der Waals surface area (Å²) in [6.07, 6.45) is 17.7. The first-order chi connectivity index (χ1) is 13.5. The fraction of sp³-hybridized carbons (Fsp3) is 0.909. The van der Waals surface area contributed by atoms with Gasteiger partial charge in [0.2, 0.25) is 0 Å². The summed E-state index contributed by atoms with van der Waals surface area (Å²) in [5.74, 6) is 0. The molecule has 6 nitrogen and oxygen atoms in total. The van der Waals surface area contributed by atoms with Crippen molar-refractivity contribution in [1.82, 2.24) is 0 Å². The second-order valence-electron chi connectivity index (χ2n) is 7.18. The fourth-order valence-electron chi connectivity index (χ4n) is 2.82. The van der Waals surface area contributed by atoms with Crippen LogP contribution in [0.25, 0.3) is 0 Å². The second-order valence-corrected chi connectivity index (χ2v) is 7.18. The molecule has 0 rings (SSSR count). The molecule has 0 amide bonds. The first kappa shape index (κ1) is 28.7. The Morgan fingerprint density at radius 3 is 1.07 bits per heavy atom. The molecule has 28 heavy (non-hydrogen) atoms. The van der Waals surface area contributed by atoms with Crippen molar-refractivity contribution in [3.05, 3.63) is 0 Å². The van der Waals surface area contributed by atoms with Gasteiger partial charge in [-0.2, -0.15) is 0 Å². The van der Waals surface area contributed by atoms with Crippen LogP contribution in [0.1, 0.15) is 117 Å². The summed E-state index contributed by atoms with van der Waals surface area (Å²) in [6, 6.07) is 0. The molecule has 0 aliphatic carbocycles. The van der Waals surface area contributed by atoms with Crippen molar-refractivity contribution >= 4 is 12.3 Å². The van der Waals surface area contributed by atoms with E-state index in [1.807, 2.05) is 0 Å². The molecule has 0 saturated heterocycles. The normalized spacial score (nSPS) is 10.1. The minimum absolute atomic E-state index is 0.485. The van der Waals surface area contributed by atoms with E-state index in [9.17, 15) is 4.79 Å². The predicted molar refractivity (Wildman–Crippen MR) is 113 cm³/mol. The van der Waals surface area contributed by atoms with Gasteiger partial charge in [-0.3, -0.25) is 0 Å². The maximum Gasteiger partial charge on any atom is 0.508 e. The number of carbonyl (C=O) groups excluding carboxylic acids is 1. The maximum atomic E-state index is 11.4. The van der Waals surface area contributed by atoms with Crippen molar-refractivity contribution in [2.75, 3.05) is 13.2 Å². The van der Waals surface area contributed by atoms with Crippen LogP contribution in [0.15, 0.2) is 0 Å². The Morgan fingerprint density at radius 2 is 0.786 bits per heavy atom. The van der Waals surface area contributed by atoms with Crippen LogP contribution in [0.2, 0.25) is 0 Å². The van der Waals surface area contributed by atoms with E-state index in [2.05, 4.69) is 13.8 Å². The molecule has 6 heteroatoms. The lowest BCUT2D eigenvalue weighted by molar-refractivity contribution is 0.0528. The van der Waals surface area contributed by atoms with Gasteiger partial charge in [-0.15, -0.1) is 0 Å². The molecule has 0 aliphatic heterocycles. The Bertz CT molecular complexity index is 305. The molecule has 0 aromatic heterocycles. The standard InChI is InChI=1S/C21H42O3.CH2O3/c1-3-5-7-9-11-13-15-17-19-23-21(22)24-20-18-16-14-12-10-8-6-4-2;2-1(3)4/h3-20H2,1-2H3;(H2,2,3,4). The SMILES string of the molecule is CCCCCCCCCCOC(=O)OCCCCCCCCCC.O=C(O)O. The molecule has 0 aromatic carbocycles. The first-order valence-corrected chi connectivity index (χ1v) is 11.3. The van der Waals surface area contributed by atoms with Crippen molar-refractivity contribution in [2.24, 2.45) is 0 Å². The molecule has 0 aromatic rings. The van der Waals surface area contributed by atoms with Crippen LogP contribution in [-0.2, 0) is 9.47 Å². The Kier molecular flexibility index (Phi) is 26.2. The topological polar surface area (TPSA) is 93.1 Å². The van der Waals surface area contributed by atoms with E-state index in [4.69, 9.17) is 24.5 Å². The Labute approximate surface area is 172 Å². The van der Waals surface area contributed by atoms with E-state index in [0.29, 0.717) is 13.2 Å². The van der Waals surface area contributed by atoms with Gasteiger partial charge < -0.3 is 19.7 Å². The van der Waals surface area contributed by atoms with Gasteiger partial charge in [-0.25, -0.2) is 9.59 Å². The van der Waals surface area contributed by atoms with E-state index < -0.39 is 12.3 Å². The van der Waals surface area contributed by atoms with Crippen LogP contribution in [0, 0.1) is 0 Å². The van der Waals surface area contributed by atoms with Gasteiger partial charge in [0.15, 0.2) is 0 Å². The molecule has 0 unspecified atom stereocenters. The second kappa shape index (κ2) is 25.5. The molecule has 0 spiro atoms. The van der Waals surface area contributed by atoms with Crippen molar-refractivity contribution in [2.45, 2.75) is 117 Å². The van der Waals surface area contributed by atoms with Crippen LogP contribution in [0.3, 0.4) is 0 Å². The summed E-state index contributed by atoms with van der Waals surface area (Å²) in [7, 11) is 0. The van der Waals surface area contributed by atoms with Crippen LogP contribution in [-0.4, -0.2) is 35.7 Å². The summed E-state index contributed by atoms with van der Waals surface area (Å²) in [4.78, 5) is 20.0. The molecule has 0 heterocycles. The zero-order valence-electron chi connectivity index (χ0n) is 18.3. The number of carbonyl (C=O) groups is 2. The Balaban J connectivity index is 0. The number of unbranched alkanes of at least 4 members (excludes halogenated alkanes) is 14. The third kappa shape index (κ3) is 32.2. The summed E-state index contributed by atoms with van der Waals surface area (Å²) in [5.41, 5.74) is 0. The predicted octanol–water partition coefficient (Wildman–Crippen LogP) is 7.64. The molecule has 0 aliphatic rings. The first-order valence-electron chi connectivity index (χ1n) is 11.3. The van der Waals surface area contributed by atoms with Gasteiger partial charge >= 0.3 is 12.3 Å². The highest BCUT2D eigenvalue weighted by Crippen LogP contribution is 2.09. The highest BCUT2D eigenvalue weighted by molar-refractivity contribution is 5.59. The Morgan fingerprint density at radius 1 is 0.536 bits per heavy atom. The van der Waals surface area contributed by atoms with Crippen molar-refractivity contribution in [3.8, 4) is 0 Å². The number of hydrogen-bond donors (Lipinski definition) is 2. The highest BCUT2D eigenvalue weighted by Gasteiger charge is 2.03. The van der Waals surface area contributed by atoms with Gasteiger partial charge in [-0.1, -0.05) is 104 Å². The maximum absolute atomic E-state index is 11.4. The lowest BCUT2D eigenvalue weighted by Gasteiger charge is -2.06. The zero-order chi connectivity index (χ0) is 21.3. The van der Waals surface area contributed by atoms with Crippen LogP contribution < -0.4 is 0 Å². The minimum atomic E-state index is -1.83. The van der Waals surface area contributed by atoms with Gasteiger partial charge in [-0.05, 0) is 12.8 Å². The zero-order valence-corrected chi connectivity index (χ0v) is 18.3. The lowest BCUT2D eigenvalue weighted by Crippen LogP contribution is -2.09. The van der Waals surface area contributed by atoms with Crippen molar-refractivity contribution in [3.63, 3.8) is 0 Å². The van der Waals surface area contributed by atoms with Crippen LogP contribution in [0.5, 0.6) is 0 Å². The molecule has 0 atom stereocenters. The molecule has 168 valence electrons. The summed E-state index contributed by atoms with van der Waals surface area (Å²) in [6.45, 7) is 5.49. The fourth-order valence-corrected chi connectivity index (χ4v) is 2.82. The largest absolute Gasteiger partial charge is 0.508 e. The Hall–Kier alpha value is -1.46. The molecule has 2 N–H and O–H groups in total. The number of hydrogen-bond acceptors (Lipinski definition) is 4. The third-order valence-corrected chi connectivity index (χ3v) is 4.44. The van der Waals surface area contributed by atoms with Gasteiger partial charge in [0.25, 0.3) is 0 Å². The monoisotopic (exact) mass is 404 g/mol. The molecular weight excluding hydrogens is 360 g/mol. The minimum Gasteiger partial charge on any atom is -0.450 e. The highest BCUT2D eigenvalue weighted by atomic mass is 16.7. The summed E-state index contributed by atoms with van der Waals surface area (Å²) in [5, 5.41) is 13.9. The lowest BCUT2D eigenvalue weighted by atomic mass is 10.1. The number of carboxylic acid groups (broad SMARTS) is 2. The number of rotatable bonds is 18. The van der Waals surface area contributed by atoms with E-state index in [-0.39, 0.29) is 0 Å². The quantitative estimate of drug-likeness (QED) is 0.180. The average Bonchev–Trinajstić information content (AvgIpc) is 2.65. The number of ether oxygens (including phenoxy) is 2. The molecule has 0 radical (unpaired) electrons. The van der Waals surface area contributed by atoms with E-state index in [0.717, 1.165) is 25.7 Å². The molecular formula is C22H44O6. The summed E-state index contributed by atoms with van der Waals surface area (Å²) < 4.78 is 10.2. The van der Waals surface area contributed by atoms with Gasteiger partial charge in [0.1, 0.15) is 0 Å². The van der Waals surface area contributed by atoms with Crippen molar-refractivity contribution in [1.29, 1.82) is 0 Å². The van der Waals surface area contributed by atoms with Crippen LogP contribution >= 0.6 is 0 Å². The van der Waals surface area contributed by atoms with Gasteiger partial charge in [0, 0.05) is 0 Å². The smallest absolute Gasteiger partial charge is 0.450 e. The third-order valence-electron chi connectivity index (χ3n) is 4.44. The molecule has 0 fully saturated rings. The van der Waals surface area contributed by atoms with Crippen LogP contribution in [0.4, 0.5) is 9.59 Å². The molecule has 0 saturated carbocycles. The van der Waals surface area contributed by atoms with E-state index in [1.165, 1.54) is 77.0 Å². The van der Waals surface area contributed by atoms with E-state index in [1.54, 1.807) is 0 Å². The van der Waals surface area contributed by atoms with E-state index >= 15 is 0 Å². The summed E-state index contributed by atoms with van der Waals surface area (Å²) >= 11 is 0. The average molecular weight is 405 g/mol. The molecule has 0 bridgehead atoms. The van der Waals surface area contributed by atoms with Gasteiger partial charge in [0.05, 0.1) is 13.2 Å². The van der Waals surface area contributed by atoms with Crippen molar-refractivity contribution < 1.29 is 29.3 Å².